The molecule has 0 spiro atoms. The Hall–Kier alpha value is -2.63. The van der Waals surface area contributed by atoms with Crippen molar-refractivity contribution in [3.8, 4) is 6.07 Å². The first kappa shape index (κ1) is 22.6. The largest absolute Gasteiger partial charge is 0.384 e. The van der Waals surface area contributed by atoms with Gasteiger partial charge in [0.15, 0.2) is 5.78 Å². The van der Waals surface area contributed by atoms with Gasteiger partial charge in [0.1, 0.15) is 23.1 Å². The topological polar surface area (TPSA) is 70.1 Å². The number of nitriles is 1. The van der Waals surface area contributed by atoms with E-state index in [1.165, 1.54) is 11.0 Å². The Labute approximate surface area is 194 Å². The maximum absolute atomic E-state index is 14.9. The fraction of sp³-hybridized carbons (Fsp3) is 0.333. The summed E-state index contributed by atoms with van der Waals surface area (Å²) < 4.78 is 30.7. The molecule has 1 aliphatic heterocycles. The van der Waals surface area contributed by atoms with Gasteiger partial charge in [-0.15, -0.1) is 23.1 Å². The average molecular weight is 472 g/mol. The number of rotatable bonds is 4. The van der Waals surface area contributed by atoms with E-state index < -0.39 is 23.0 Å². The monoisotopic (exact) mass is 471 g/mol. The summed E-state index contributed by atoms with van der Waals surface area (Å²) in [6, 6.07) is 7.63. The van der Waals surface area contributed by atoms with Gasteiger partial charge in [0.25, 0.3) is 0 Å². The van der Waals surface area contributed by atoms with Gasteiger partial charge in [-0.2, -0.15) is 5.26 Å². The maximum atomic E-state index is 14.9. The second kappa shape index (κ2) is 8.38. The van der Waals surface area contributed by atoms with Crippen molar-refractivity contribution in [3.05, 3.63) is 69.5 Å². The van der Waals surface area contributed by atoms with Crippen LogP contribution >= 0.6 is 23.1 Å². The molecule has 0 saturated carbocycles. The van der Waals surface area contributed by atoms with Crippen LogP contribution in [0.15, 0.2) is 56.5 Å². The van der Waals surface area contributed by atoms with Gasteiger partial charge in [-0.3, -0.25) is 9.69 Å². The van der Waals surface area contributed by atoms with Gasteiger partial charge in [0, 0.05) is 17.7 Å². The molecule has 1 aromatic heterocycles. The molecule has 0 bridgehead atoms. The molecule has 166 valence electrons. The van der Waals surface area contributed by atoms with Crippen LogP contribution in [0.4, 0.5) is 14.5 Å². The standard InChI is InChI=1S/C24H23F2N3OS2/c1-4-31-23-13(8-9-32-23)19-14(12-27)22(28)29(21-15(25)6-5-7-16(21)26)17-10-24(2,3)11-18(30)20(17)19/h5-9,19H,4,10-11,28H2,1-3H3/t19-/m0/s1. The number of hydrogen-bond acceptors (Lipinski definition) is 6. The van der Waals surface area contributed by atoms with E-state index in [1.54, 1.807) is 23.1 Å². The second-order valence-electron chi connectivity index (χ2n) is 8.65. The van der Waals surface area contributed by atoms with Gasteiger partial charge in [-0.25, -0.2) is 8.78 Å². The highest BCUT2D eigenvalue weighted by molar-refractivity contribution is 8.01. The first-order valence-electron chi connectivity index (χ1n) is 10.3. The van der Waals surface area contributed by atoms with Crippen LogP contribution in [0.25, 0.3) is 0 Å². The predicted octanol–water partition coefficient (Wildman–Crippen LogP) is 6.08. The number of nitrogens with two attached hydrogens (primary N) is 1. The molecule has 4 nitrogen and oxygen atoms in total. The minimum Gasteiger partial charge on any atom is -0.384 e. The number of nitrogens with zero attached hydrogens (tertiary/aromatic N) is 2. The molecule has 0 radical (unpaired) electrons. The first-order chi connectivity index (χ1) is 15.2. The molecule has 2 aromatic rings. The minimum atomic E-state index is -0.802. The van der Waals surface area contributed by atoms with Crippen LogP contribution in [0.5, 0.6) is 0 Å². The Balaban J connectivity index is 2.04. The zero-order chi connectivity index (χ0) is 23.2. The van der Waals surface area contributed by atoms with E-state index in [2.05, 4.69) is 6.07 Å². The summed E-state index contributed by atoms with van der Waals surface area (Å²) in [6.45, 7) is 5.93. The second-order valence-corrected chi connectivity index (χ2v) is 11.1. The van der Waals surface area contributed by atoms with Gasteiger partial charge in [0.05, 0.1) is 21.8 Å². The number of Topliss-reactive ketones (excluding diaryl/α,β-unsaturated/α-hetero) is 1. The molecule has 1 atom stereocenters. The summed E-state index contributed by atoms with van der Waals surface area (Å²) in [6.07, 6.45) is 0.688. The van der Waals surface area contributed by atoms with Gasteiger partial charge in [-0.1, -0.05) is 26.8 Å². The van der Waals surface area contributed by atoms with Gasteiger partial charge in [-0.05, 0) is 46.7 Å². The van der Waals surface area contributed by atoms with Crippen LogP contribution in [0.2, 0.25) is 0 Å². The number of anilines is 1. The smallest absolute Gasteiger partial charge is 0.162 e. The molecule has 0 saturated heterocycles. The van der Waals surface area contributed by atoms with Crippen LogP contribution in [-0.4, -0.2) is 11.5 Å². The van der Waals surface area contributed by atoms with Gasteiger partial charge < -0.3 is 5.73 Å². The molecule has 8 heteroatoms. The Morgan fingerprint density at radius 2 is 1.97 bits per heavy atom. The van der Waals surface area contributed by atoms with E-state index >= 15 is 0 Å². The summed E-state index contributed by atoms with van der Waals surface area (Å²) in [4.78, 5) is 14.7. The van der Waals surface area contributed by atoms with E-state index in [9.17, 15) is 18.8 Å². The molecule has 2 N–H and O–H groups in total. The van der Waals surface area contributed by atoms with Crippen molar-refractivity contribution in [2.24, 2.45) is 11.1 Å². The molecular weight excluding hydrogens is 448 g/mol. The zero-order valence-electron chi connectivity index (χ0n) is 18.0. The van der Waals surface area contributed by atoms with Crippen molar-refractivity contribution in [1.29, 1.82) is 5.26 Å². The third kappa shape index (κ3) is 3.63. The number of thioether (sulfide) groups is 1. The van der Waals surface area contributed by atoms with Crippen molar-refractivity contribution in [2.75, 3.05) is 10.7 Å². The molecular formula is C24H23F2N3OS2. The fourth-order valence-corrected chi connectivity index (χ4v) is 6.61. The lowest BCUT2D eigenvalue weighted by Crippen LogP contribution is -2.42. The van der Waals surface area contributed by atoms with E-state index in [-0.39, 0.29) is 29.3 Å². The van der Waals surface area contributed by atoms with E-state index in [0.29, 0.717) is 17.7 Å². The fourth-order valence-electron chi connectivity index (χ4n) is 4.55. The SMILES string of the molecule is CCSc1sccc1[C@H]1C(C#N)=C(N)N(c2c(F)cccc2F)C2=C1C(=O)CC(C)(C)C2. The molecule has 4 rings (SSSR count). The first-order valence-corrected chi connectivity index (χ1v) is 12.2. The van der Waals surface area contributed by atoms with Crippen molar-refractivity contribution < 1.29 is 13.6 Å². The number of benzene rings is 1. The number of thiophene rings is 1. The third-order valence-corrected chi connectivity index (χ3v) is 7.94. The Kier molecular flexibility index (Phi) is 5.91. The van der Waals surface area contributed by atoms with Crippen LogP contribution in [0.1, 0.15) is 45.1 Å². The number of carbonyl (C=O) groups excluding carboxylic acids is 1. The van der Waals surface area contributed by atoms with Crippen LogP contribution < -0.4 is 10.6 Å². The normalized spacial score (nSPS) is 20.4. The van der Waals surface area contributed by atoms with E-state index in [4.69, 9.17) is 5.73 Å². The van der Waals surface area contributed by atoms with Gasteiger partial charge in [0.2, 0.25) is 0 Å². The van der Waals surface area contributed by atoms with Crippen molar-refractivity contribution in [2.45, 2.75) is 43.7 Å². The van der Waals surface area contributed by atoms with Crippen molar-refractivity contribution in [3.63, 3.8) is 0 Å². The maximum Gasteiger partial charge on any atom is 0.162 e. The number of carbonyl (C=O) groups is 1. The molecule has 32 heavy (non-hydrogen) atoms. The van der Waals surface area contributed by atoms with Crippen molar-refractivity contribution >= 4 is 34.6 Å². The summed E-state index contributed by atoms with van der Waals surface area (Å²) >= 11 is 3.18. The lowest BCUT2D eigenvalue weighted by Gasteiger charge is -2.43. The molecule has 0 unspecified atom stereocenters. The third-order valence-electron chi connectivity index (χ3n) is 5.79. The Bertz CT molecular complexity index is 1190. The minimum absolute atomic E-state index is 0.0376. The lowest BCUT2D eigenvalue weighted by atomic mass is 9.69. The highest BCUT2D eigenvalue weighted by Gasteiger charge is 2.46. The Morgan fingerprint density at radius 1 is 1.28 bits per heavy atom. The molecule has 0 fully saturated rings. The van der Waals surface area contributed by atoms with Gasteiger partial charge >= 0.3 is 0 Å². The average Bonchev–Trinajstić information content (AvgIpc) is 3.16. The molecule has 1 aromatic carbocycles. The number of para-hydroxylation sites is 1. The van der Waals surface area contributed by atoms with Crippen LogP contribution in [0, 0.1) is 28.4 Å². The number of ketones is 1. The predicted molar refractivity (Wildman–Crippen MR) is 124 cm³/mol. The summed E-state index contributed by atoms with van der Waals surface area (Å²) in [5.41, 5.74) is 7.55. The summed E-state index contributed by atoms with van der Waals surface area (Å²) in [5, 5.41) is 12.0. The number of halogens is 2. The van der Waals surface area contributed by atoms with Crippen LogP contribution in [-0.2, 0) is 4.79 Å². The lowest BCUT2D eigenvalue weighted by molar-refractivity contribution is -0.118. The van der Waals surface area contributed by atoms with Crippen molar-refractivity contribution in [1.82, 2.24) is 0 Å². The highest BCUT2D eigenvalue weighted by Crippen LogP contribution is 2.52. The molecule has 0 amide bonds. The zero-order valence-corrected chi connectivity index (χ0v) is 19.7. The van der Waals surface area contributed by atoms with Crippen LogP contribution in [0.3, 0.4) is 0 Å². The van der Waals surface area contributed by atoms with E-state index in [0.717, 1.165) is 27.7 Å². The molecule has 2 aliphatic rings. The number of hydrogen-bond donors (Lipinski definition) is 1. The Morgan fingerprint density at radius 3 is 2.59 bits per heavy atom. The summed E-state index contributed by atoms with van der Waals surface area (Å²) in [7, 11) is 0. The highest BCUT2D eigenvalue weighted by atomic mass is 32.2. The summed E-state index contributed by atoms with van der Waals surface area (Å²) in [5.74, 6) is -1.58. The quantitative estimate of drug-likeness (QED) is 0.547. The van der Waals surface area contributed by atoms with E-state index in [1.807, 2.05) is 32.2 Å². The number of allylic oxidation sites excluding steroid dienone is 3. The molecule has 2 heterocycles. The molecule has 1 aliphatic carbocycles.